The summed E-state index contributed by atoms with van der Waals surface area (Å²) < 4.78 is 13.9. The van der Waals surface area contributed by atoms with E-state index in [-0.39, 0.29) is 17.9 Å². The minimum atomic E-state index is -0.250. The summed E-state index contributed by atoms with van der Waals surface area (Å²) in [5.41, 5.74) is 0.561. The molecule has 1 aliphatic carbocycles. The second-order valence-electron chi connectivity index (χ2n) is 7.20. The molecule has 2 aliphatic rings. The fraction of sp³-hybridized carbons (Fsp3) is 0.632. The Morgan fingerprint density at radius 2 is 1.72 bits per heavy atom. The van der Waals surface area contributed by atoms with Gasteiger partial charge in [-0.2, -0.15) is 0 Å². The third-order valence-electron chi connectivity index (χ3n) is 5.31. The number of halogens is 2. The molecule has 1 aromatic carbocycles. The number of urea groups is 1. The number of nitrogens with zero attached hydrogens (tertiary/aromatic N) is 1. The van der Waals surface area contributed by atoms with E-state index in [4.69, 9.17) is 11.6 Å². The number of hydrogen-bond acceptors (Lipinski definition) is 2. The maximum Gasteiger partial charge on any atom is 0.315 e. The largest absolute Gasteiger partial charge is 0.335 e. The normalized spacial score (nSPS) is 20.4. The molecule has 1 saturated heterocycles. The zero-order chi connectivity index (χ0) is 17.6. The molecule has 1 heterocycles. The number of rotatable bonds is 4. The van der Waals surface area contributed by atoms with Crippen molar-refractivity contribution in [2.24, 2.45) is 0 Å². The van der Waals surface area contributed by atoms with Crippen LogP contribution in [0.15, 0.2) is 18.2 Å². The Hall–Kier alpha value is -1.33. The Labute approximate surface area is 154 Å². The van der Waals surface area contributed by atoms with Crippen molar-refractivity contribution in [1.29, 1.82) is 0 Å². The van der Waals surface area contributed by atoms with Gasteiger partial charge in [-0.3, -0.25) is 4.90 Å². The Morgan fingerprint density at radius 3 is 2.36 bits per heavy atom. The summed E-state index contributed by atoms with van der Waals surface area (Å²) in [7, 11) is 0. The second kappa shape index (κ2) is 8.86. The Balaban J connectivity index is 1.41. The zero-order valence-electron chi connectivity index (χ0n) is 14.6. The molecule has 0 radical (unpaired) electrons. The molecule has 0 atom stereocenters. The van der Waals surface area contributed by atoms with Crippen LogP contribution in [0.4, 0.5) is 9.18 Å². The molecule has 0 unspecified atom stereocenters. The summed E-state index contributed by atoms with van der Waals surface area (Å²) in [6, 6.07) is 5.28. The number of carbonyl (C=O) groups excluding carboxylic acids is 1. The van der Waals surface area contributed by atoms with E-state index in [1.165, 1.54) is 25.3 Å². The van der Waals surface area contributed by atoms with Gasteiger partial charge in [-0.05, 0) is 37.8 Å². The van der Waals surface area contributed by atoms with E-state index < -0.39 is 0 Å². The van der Waals surface area contributed by atoms with E-state index in [0.29, 0.717) is 23.2 Å². The molecule has 1 aliphatic heterocycles. The molecular formula is C19H27ClFN3O. The fourth-order valence-corrected chi connectivity index (χ4v) is 4.02. The van der Waals surface area contributed by atoms with Crippen molar-refractivity contribution >= 4 is 17.6 Å². The van der Waals surface area contributed by atoms with Crippen LogP contribution in [0.5, 0.6) is 0 Å². The average molecular weight is 368 g/mol. The van der Waals surface area contributed by atoms with Crippen LogP contribution in [0.2, 0.25) is 5.02 Å². The highest BCUT2D eigenvalue weighted by atomic mass is 35.5. The maximum atomic E-state index is 13.9. The Bertz CT molecular complexity index is 564. The van der Waals surface area contributed by atoms with Gasteiger partial charge in [-0.15, -0.1) is 0 Å². The first-order chi connectivity index (χ1) is 12.1. The van der Waals surface area contributed by atoms with Crippen molar-refractivity contribution in [2.45, 2.75) is 63.6 Å². The van der Waals surface area contributed by atoms with Crippen molar-refractivity contribution in [3.05, 3.63) is 34.6 Å². The number of carbonyl (C=O) groups is 1. The molecule has 3 rings (SSSR count). The SMILES string of the molecule is O=C(NC1CCCCC1)NC1CCN(Cc2c(F)cccc2Cl)CC1. The topological polar surface area (TPSA) is 44.4 Å². The molecule has 2 amide bonds. The Morgan fingerprint density at radius 1 is 1.08 bits per heavy atom. The molecule has 4 nitrogen and oxygen atoms in total. The lowest BCUT2D eigenvalue weighted by atomic mass is 9.96. The summed E-state index contributed by atoms with van der Waals surface area (Å²) in [6.07, 6.45) is 7.65. The van der Waals surface area contributed by atoms with Crippen LogP contribution in [0.1, 0.15) is 50.5 Å². The summed E-state index contributed by atoms with van der Waals surface area (Å²) in [4.78, 5) is 14.3. The van der Waals surface area contributed by atoms with E-state index in [1.54, 1.807) is 12.1 Å². The van der Waals surface area contributed by atoms with Crippen LogP contribution < -0.4 is 10.6 Å². The van der Waals surface area contributed by atoms with Crippen molar-refractivity contribution < 1.29 is 9.18 Å². The van der Waals surface area contributed by atoms with Crippen LogP contribution in [0.25, 0.3) is 0 Å². The van der Waals surface area contributed by atoms with E-state index in [9.17, 15) is 9.18 Å². The van der Waals surface area contributed by atoms with E-state index >= 15 is 0 Å². The highest BCUT2D eigenvalue weighted by Gasteiger charge is 2.23. The first kappa shape index (κ1) is 18.5. The van der Waals surface area contributed by atoms with Crippen molar-refractivity contribution in [1.82, 2.24) is 15.5 Å². The van der Waals surface area contributed by atoms with E-state index in [0.717, 1.165) is 38.8 Å². The fourth-order valence-electron chi connectivity index (χ4n) is 3.80. The smallest absolute Gasteiger partial charge is 0.315 e. The van der Waals surface area contributed by atoms with Gasteiger partial charge in [0.1, 0.15) is 5.82 Å². The van der Waals surface area contributed by atoms with Gasteiger partial charge < -0.3 is 10.6 Å². The molecule has 2 fully saturated rings. The van der Waals surface area contributed by atoms with Gasteiger partial charge in [0.25, 0.3) is 0 Å². The highest BCUT2D eigenvalue weighted by molar-refractivity contribution is 6.31. The summed E-state index contributed by atoms with van der Waals surface area (Å²) >= 11 is 6.11. The van der Waals surface area contributed by atoms with Crippen LogP contribution in [0.3, 0.4) is 0 Å². The van der Waals surface area contributed by atoms with Crippen LogP contribution in [-0.2, 0) is 6.54 Å². The van der Waals surface area contributed by atoms with Gasteiger partial charge in [0.05, 0.1) is 0 Å². The third-order valence-corrected chi connectivity index (χ3v) is 5.66. The summed E-state index contributed by atoms with van der Waals surface area (Å²) in [6.45, 7) is 2.19. The molecule has 0 spiro atoms. The number of likely N-dealkylation sites (tertiary alicyclic amines) is 1. The van der Waals surface area contributed by atoms with E-state index in [2.05, 4.69) is 15.5 Å². The number of nitrogens with one attached hydrogen (secondary N) is 2. The van der Waals surface area contributed by atoms with Crippen molar-refractivity contribution in [3.63, 3.8) is 0 Å². The lowest BCUT2D eigenvalue weighted by Gasteiger charge is -2.33. The van der Waals surface area contributed by atoms with Gasteiger partial charge >= 0.3 is 6.03 Å². The third kappa shape index (κ3) is 5.32. The lowest BCUT2D eigenvalue weighted by Crippen LogP contribution is -2.50. The molecule has 1 aromatic rings. The first-order valence-electron chi connectivity index (χ1n) is 9.34. The summed E-state index contributed by atoms with van der Waals surface area (Å²) in [5, 5.41) is 6.68. The van der Waals surface area contributed by atoms with E-state index in [1.807, 2.05) is 0 Å². The van der Waals surface area contributed by atoms with Crippen LogP contribution >= 0.6 is 11.6 Å². The predicted octanol–water partition coefficient (Wildman–Crippen LogP) is 4.08. The van der Waals surface area contributed by atoms with Gasteiger partial charge in [0.15, 0.2) is 0 Å². The van der Waals surface area contributed by atoms with Gasteiger partial charge in [-0.1, -0.05) is 36.9 Å². The quantitative estimate of drug-likeness (QED) is 0.842. The molecule has 0 aromatic heterocycles. The average Bonchev–Trinajstić information content (AvgIpc) is 2.60. The number of benzene rings is 1. The van der Waals surface area contributed by atoms with Gasteiger partial charge in [-0.25, -0.2) is 9.18 Å². The highest BCUT2D eigenvalue weighted by Crippen LogP contribution is 2.23. The monoisotopic (exact) mass is 367 g/mol. The number of amides is 2. The van der Waals surface area contributed by atoms with Crippen molar-refractivity contribution in [3.8, 4) is 0 Å². The maximum absolute atomic E-state index is 13.9. The molecule has 0 bridgehead atoms. The minimum absolute atomic E-state index is 0.0394. The molecule has 2 N–H and O–H groups in total. The first-order valence-corrected chi connectivity index (χ1v) is 9.72. The van der Waals surface area contributed by atoms with Gasteiger partial charge in [0.2, 0.25) is 0 Å². The minimum Gasteiger partial charge on any atom is -0.335 e. The predicted molar refractivity (Wildman–Crippen MR) is 98.2 cm³/mol. The molecule has 138 valence electrons. The van der Waals surface area contributed by atoms with Crippen LogP contribution in [0, 0.1) is 5.82 Å². The molecule has 6 heteroatoms. The number of hydrogen-bond donors (Lipinski definition) is 2. The molecular weight excluding hydrogens is 341 g/mol. The van der Waals surface area contributed by atoms with Gasteiger partial charge in [0, 0.05) is 42.3 Å². The molecule has 25 heavy (non-hydrogen) atoms. The standard InChI is InChI=1S/C19H27ClFN3O/c20-17-7-4-8-18(21)16(17)13-24-11-9-15(10-12-24)23-19(25)22-14-5-2-1-3-6-14/h4,7-8,14-15H,1-3,5-6,9-13H2,(H2,22,23,25). The lowest BCUT2D eigenvalue weighted by molar-refractivity contribution is 0.183. The summed E-state index contributed by atoms with van der Waals surface area (Å²) in [5.74, 6) is -0.250. The van der Waals surface area contributed by atoms with Crippen molar-refractivity contribution in [2.75, 3.05) is 13.1 Å². The number of piperidine rings is 1. The molecule has 1 saturated carbocycles. The zero-order valence-corrected chi connectivity index (χ0v) is 15.3. The van der Waals surface area contributed by atoms with Crippen LogP contribution in [-0.4, -0.2) is 36.1 Å². The Kier molecular flexibility index (Phi) is 6.54. The second-order valence-corrected chi connectivity index (χ2v) is 7.61.